The summed E-state index contributed by atoms with van der Waals surface area (Å²) >= 11 is 0. The van der Waals surface area contributed by atoms with Crippen LogP contribution in [-0.2, 0) is 4.74 Å². The van der Waals surface area contributed by atoms with Crippen molar-refractivity contribution in [3.05, 3.63) is 5.56 Å². The fraction of sp³-hybridized carbons (Fsp3) is 0.692. The maximum absolute atomic E-state index is 12.0. The highest BCUT2D eigenvalue weighted by atomic mass is 16.5. The van der Waals surface area contributed by atoms with E-state index in [9.17, 15) is 4.79 Å². The molecular weight excluding hydrogens is 258 g/mol. The standard InChI is InChI=1S/C13H21N5O2/c1-7(8-3-4-8)18-11(14)10(13(19)20-2)12(17-18)16-9-5-15-6-9/h7-9,15H,3-6,14H2,1-2H3,(H,16,17). The lowest BCUT2D eigenvalue weighted by atomic mass is 10.1. The van der Waals surface area contributed by atoms with E-state index in [4.69, 9.17) is 10.5 Å². The van der Waals surface area contributed by atoms with Crippen molar-refractivity contribution in [1.29, 1.82) is 0 Å². The maximum atomic E-state index is 12.0. The number of esters is 1. The van der Waals surface area contributed by atoms with Gasteiger partial charge in [0, 0.05) is 13.1 Å². The highest BCUT2D eigenvalue weighted by Crippen LogP contribution is 2.41. The van der Waals surface area contributed by atoms with Crippen LogP contribution in [0.3, 0.4) is 0 Å². The monoisotopic (exact) mass is 279 g/mol. The largest absolute Gasteiger partial charge is 0.465 e. The van der Waals surface area contributed by atoms with Gasteiger partial charge in [0.25, 0.3) is 0 Å². The third kappa shape index (κ3) is 2.22. The van der Waals surface area contributed by atoms with E-state index >= 15 is 0 Å². The van der Waals surface area contributed by atoms with E-state index in [-0.39, 0.29) is 12.1 Å². The summed E-state index contributed by atoms with van der Waals surface area (Å²) in [5.74, 6) is 1.10. The molecule has 7 nitrogen and oxygen atoms in total. The molecule has 1 saturated carbocycles. The molecule has 1 aromatic heterocycles. The van der Waals surface area contributed by atoms with E-state index in [1.807, 2.05) is 0 Å². The van der Waals surface area contributed by atoms with Gasteiger partial charge in [0.05, 0.1) is 19.2 Å². The molecule has 1 aromatic rings. The Bertz CT molecular complexity index is 519. The van der Waals surface area contributed by atoms with E-state index in [1.165, 1.54) is 20.0 Å². The molecule has 0 spiro atoms. The van der Waals surface area contributed by atoms with E-state index in [0.717, 1.165) is 13.1 Å². The number of anilines is 2. The lowest BCUT2D eigenvalue weighted by Crippen LogP contribution is -2.51. The molecule has 2 aliphatic rings. The zero-order chi connectivity index (χ0) is 14.3. The Kier molecular flexibility index (Phi) is 3.29. The molecule has 7 heteroatoms. The minimum Gasteiger partial charge on any atom is -0.465 e. The number of hydrogen-bond acceptors (Lipinski definition) is 6. The number of nitrogens with one attached hydrogen (secondary N) is 2. The third-order valence-corrected chi connectivity index (χ3v) is 4.15. The topological polar surface area (TPSA) is 94.2 Å². The van der Waals surface area contributed by atoms with Crippen LogP contribution in [0.25, 0.3) is 0 Å². The lowest BCUT2D eigenvalue weighted by Gasteiger charge is -2.28. The number of ether oxygens (including phenoxy) is 1. The van der Waals surface area contributed by atoms with Crippen LogP contribution in [0.2, 0.25) is 0 Å². The Labute approximate surface area is 117 Å². The molecule has 0 radical (unpaired) electrons. The van der Waals surface area contributed by atoms with Crippen molar-refractivity contribution >= 4 is 17.6 Å². The second kappa shape index (κ2) is 4.97. The van der Waals surface area contributed by atoms with Gasteiger partial charge in [-0.2, -0.15) is 5.10 Å². The third-order valence-electron chi connectivity index (χ3n) is 4.15. The van der Waals surface area contributed by atoms with Crippen molar-refractivity contribution in [3.63, 3.8) is 0 Å². The normalized spacial score (nSPS) is 20.3. The maximum Gasteiger partial charge on any atom is 0.345 e. The number of rotatable bonds is 5. The van der Waals surface area contributed by atoms with E-state index in [2.05, 4.69) is 22.7 Å². The summed E-state index contributed by atoms with van der Waals surface area (Å²) in [6.07, 6.45) is 2.40. The zero-order valence-corrected chi connectivity index (χ0v) is 11.8. The first-order chi connectivity index (χ1) is 9.61. The molecule has 1 aliphatic heterocycles. The van der Waals surface area contributed by atoms with Crippen molar-refractivity contribution in [2.45, 2.75) is 31.8 Å². The number of carbonyl (C=O) groups is 1. The second-order valence-corrected chi connectivity index (χ2v) is 5.62. The molecule has 1 atom stereocenters. The number of nitrogens with two attached hydrogens (primary N) is 1. The summed E-state index contributed by atoms with van der Waals surface area (Å²) < 4.78 is 6.59. The van der Waals surface area contributed by atoms with E-state index in [1.54, 1.807) is 4.68 Å². The van der Waals surface area contributed by atoms with Crippen molar-refractivity contribution in [2.24, 2.45) is 5.92 Å². The molecule has 0 bridgehead atoms. The zero-order valence-electron chi connectivity index (χ0n) is 11.8. The highest BCUT2D eigenvalue weighted by Gasteiger charge is 2.34. The highest BCUT2D eigenvalue weighted by molar-refractivity contribution is 5.99. The Hall–Kier alpha value is -1.76. The predicted octanol–water partition coefficient (Wildman–Crippen LogP) is 0.607. The molecule has 1 saturated heterocycles. The molecule has 0 aromatic carbocycles. The number of nitrogen functional groups attached to an aromatic ring is 1. The lowest BCUT2D eigenvalue weighted by molar-refractivity contribution is 0.0603. The smallest absolute Gasteiger partial charge is 0.345 e. The van der Waals surface area contributed by atoms with Gasteiger partial charge >= 0.3 is 5.97 Å². The molecule has 4 N–H and O–H groups in total. The van der Waals surface area contributed by atoms with Crippen LogP contribution in [0.15, 0.2) is 0 Å². The molecule has 3 rings (SSSR count). The molecule has 1 unspecified atom stereocenters. The van der Waals surface area contributed by atoms with Crippen LogP contribution < -0.4 is 16.4 Å². The van der Waals surface area contributed by atoms with Crippen LogP contribution in [0.5, 0.6) is 0 Å². The molecular formula is C13H21N5O2. The summed E-state index contributed by atoms with van der Waals surface area (Å²) in [4.78, 5) is 12.0. The van der Waals surface area contributed by atoms with Crippen molar-refractivity contribution in [1.82, 2.24) is 15.1 Å². The first-order valence-electron chi connectivity index (χ1n) is 7.05. The molecule has 110 valence electrons. The van der Waals surface area contributed by atoms with Gasteiger partial charge < -0.3 is 21.1 Å². The Balaban J connectivity index is 1.92. The van der Waals surface area contributed by atoms with Gasteiger partial charge in [-0.15, -0.1) is 0 Å². The quantitative estimate of drug-likeness (QED) is 0.684. The molecule has 2 heterocycles. The van der Waals surface area contributed by atoms with Gasteiger partial charge in [-0.1, -0.05) is 0 Å². The minimum atomic E-state index is -0.438. The van der Waals surface area contributed by atoms with Gasteiger partial charge in [0.1, 0.15) is 11.4 Å². The summed E-state index contributed by atoms with van der Waals surface area (Å²) in [5, 5.41) is 10.9. The molecule has 0 amide bonds. The summed E-state index contributed by atoms with van der Waals surface area (Å²) in [6.45, 7) is 3.83. The van der Waals surface area contributed by atoms with E-state index < -0.39 is 5.97 Å². The molecule has 1 aliphatic carbocycles. The van der Waals surface area contributed by atoms with Crippen LogP contribution in [0, 0.1) is 5.92 Å². The summed E-state index contributed by atoms with van der Waals surface area (Å²) in [7, 11) is 1.36. The van der Waals surface area contributed by atoms with Crippen molar-refractivity contribution in [3.8, 4) is 0 Å². The van der Waals surface area contributed by atoms with E-state index in [0.29, 0.717) is 23.1 Å². The van der Waals surface area contributed by atoms with Crippen molar-refractivity contribution < 1.29 is 9.53 Å². The number of methoxy groups -OCH3 is 1. The predicted molar refractivity (Wildman–Crippen MR) is 75.7 cm³/mol. The van der Waals surface area contributed by atoms with Gasteiger partial charge in [-0.3, -0.25) is 0 Å². The first-order valence-corrected chi connectivity index (χ1v) is 7.05. The van der Waals surface area contributed by atoms with Gasteiger partial charge in [0.2, 0.25) is 0 Å². The van der Waals surface area contributed by atoms with Gasteiger partial charge in [-0.25, -0.2) is 9.48 Å². The van der Waals surface area contributed by atoms with Crippen LogP contribution in [0.4, 0.5) is 11.6 Å². The Morgan fingerprint density at radius 1 is 1.55 bits per heavy atom. The molecule has 20 heavy (non-hydrogen) atoms. The fourth-order valence-corrected chi connectivity index (χ4v) is 2.52. The summed E-state index contributed by atoms with van der Waals surface area (Å²) in [5.41, 5.74) is 6.48. The number of nitrogens with zero attached hydrogens (tertiary/aromatic N) is 2. The second-order valence-electron chi connectivity index (χ2n) is 5.62. The van der Waals surface area contributed by atoms with Crippen molar-refractivity contribution in [2.75, 3.05) is 31.2 Å². The van der Waals surface area contributed by atoms with Gasteiger partial charge in [0.15, 0.2) is 5.82 Å². The average Bonchev–Trinajstić information content (AvgIpc) is 3.17. The van der Waals surface area contributed by atoms with Crippen LogP contribution in [0.1, 0.15) is 36.2 Å². The average molecular weight is 279 g/mol. The number of aromatic nitrogens is 2. The Morgan fingerprint density at radius 3 is 2.75 bits per heavy atom. The van der Waals surface area contributed by atoms with Gasteiger partial charge in [-0.05, 0) is 25.7 Å². The fourth-order valence-electron chi connectivity index (χ4n) is 2.52. The number of hydrogen-bond donors (Lipinski definition) is 3. The minimum absolute atomic E-state index is 0.216. The van der Waals surface area contributed by atoms with Crippen LogP contribution >= 0.6 is 0 Å². The number of carbonyl (C=O) groups excluding carboxylic acids is 1. The molecule has 2 fully saturated rings. The van der Waals surface area contributed by atoms with Crippen LogP contribution in [-0.4, -0.2) is 42.0 Å². The SMILES string of the molecule is COC(=O)c1c(NC2CNC2)nn(C(C)C2CC2)c1N. The Morgan fingerprint density at radius 2 is 2.25 bits per heavy atom. The first kappa shape index (κ1) is 13.2. The summed E-state index contributed by atoms with van der Waals surface area (Å²) in [6, 6.07) is 0.505.